The van der Waals surface area contributed by atoms with E-state index in [9.17, 15) is 19.7 Å². The number of carbonyl (C=O) groups excluding carboxylic acids is 2. The minimum Gasteiger partial charge on any atom is -0.490 e. The summed E-state index contributed by atoms with van der Waals surface area (Å²) in [5.74, 6) is -0.463. The van der Waals surface area contributed by atoms with E-state index >= 15 is 0 Å². The smallest absolute Gasteiger partial charge is 0.311 e. The number of hydrogen-bond acceptors (Lipinski definition) is 6. The number of rotatable bonds is 6. The van der Waals surface area contributed by atoms with Crippen molar-refractivity contribution in [2.24, 2.45) is 11.0 Å². The number of piperidine rings is 1. The van der Waals surface area contributed by atoms with Crippen LogP contribution < -0.4 is 10.2 Å². The molecule has 162 valence electrons. The molecule has 0 atom stereocenters. The highest BCUT2D eigenvalue weighted by Gasteiger charge is 2.27. The fourth-order valence-corrected chi connectivity index (χ4v) is 3.44. The van der Waals surface area contributed by atoms with Gasteiger partial charge in [-0.15, -0.1) is 0 Å². The minimum absolute atomic E-state index is 0.0883. The van der Waals surface area contributed by atoms with Crippen molar-refractivity contribution in [3.05, 3.63) is 68.7 Å². The zero-order valence-electron chi connectivity index (χ0n) is 16.8. The number of methoxy groups -OCH3 is 1. The summed E-state index contributed by atoms with van der Waals surface area (Å²) in [5, 5.41) is 15.5. The van der Waals surface area contributed by atoms with Crippen molar-refractivity contribution >= 4 is 35.3 Å². The van der Waals surface area contributed by atoms with Gasteiger partial charge in [0.25, 0.3) is 5.91 Å². The lowest BCUT2D eigenvalue weighted by atomic mass is 9.95. The Kier molecular flexibility index (Phi) is 7.19. The fourth-order valence-electron chi connectivity index (χ4n) is 3.31. The first-order chi connectivity index (χ1) is 14.9. The third-order valence-corrected chi connectivity index (χ3v) is 5.28. The van der Waals surface area contributed by atoms with Gasteiger partial charge in [-0.2, -0.15) is 5.10 Å². The van der Waals surface area contributed by atoms with E-state index in [-0.39, 0.29) is 29.2 Å². The topological polar surface area (TPSA) is 114 Å². The Morgan fingerprint density at radius 1 is 1.23 bits per heavy atom. The van der Waals surface area contributed by atoms with Crippen LogP contribution in [-0.4, -0.2) is 48.1 Å². The fraction of sp³-hybridized carbons (Fsp3) is 0.286. The quantitative estimate of drug-likeness (QED) is 0.417. The Balaban J connectivity index is 1.52. The van der Waals surface area contributed by atoms with E-state index in [1.807, 2.05) is 0 Å². The summed E-state index contributed by atoms with van der Waals surface area (Å²) in [6.45, 7) is 0.932. The van der Waals surface area contributed by atoms with Crippen molar-refractivity contribution < 1.29 is 19.2 Å². The molecule has 1 aliphatic heterocycles. The van der Waals surface area contributed by atoms with E-state index in [1.165, 1.54) is 25.5 Å². The number of amides is 2. The molecule has 1 N–H and O–H groups in total. The van der Waals surface area contributed by atoms with Crippen LogP contribution >= 0.6 is 11.6 Å². The van der Waals surface area contributed by atoms with Gasteiger partial charge in [0.15, 0.2) is 5.75 Å². The van der Waals surface area contributed by atoms with Crippen molar-refractivity contribution in [1.82, 2.24) is 10.3 Å². The summed E-state index contributed by atoms with van der Waals surface area (Å²) >= 11 is 5.86. The molecule has 0 bridgehead atoms. The normalized spacial score (nSPS) is 14.5. The zero-order chi connectivity index (χ0) is 22.4. The van der Waals surface area contributed by atoms with Crippen LogP contribution in [0.5, 0.6) is 5.75 Å². The van der Waals surface area contributed by atoms with Crippen LogP contribution in [0, 0.1) is 16.0 Å². The summed E-state index contributed by atoms with van der Waals surface area (Å²) in [7, 11) is 1.35. The molecule has 0 unspecified atom stereocenters. The second-order valence-corrected chi connectivity index (χ2v) is 7.43. The highest BCUT2D eigenvalue weighted by Crippen LogP contribution is 2.27. The highest BCUT2D eigenvalue weighted by molar-refractivity contribution is 6.30. The average molecular weight is 445 g/mol. The molecule has 31 heavy (non-hydrogen) atoms. The van der Waals surface area contributed by atoms with Crippen LogP contribution in [0.1, 0.15) is 28.8 Å². The van der Waals surface area contributed by atoms with Crippen molar-refractivity contribution in [3.63, 3.8) is 0 Å². The molecule has 1 aliphatic rings. The summed E-state index contributed by atoms with van der Waals surface area (Å²) in [6.07, 6.45) is 2.38. The van der Waals surface area contributed by atoms with Crippen LogP contribution in [0.2, 0.25) is 5.02 Å². The van der Waals surface area contributed by atoms with Crippen LogP contribution in [0.4, 0.5) is 5.69 Å². The molecule has 1 fully saturated rings. The Hall–Kier alpha value is -3.46. The number of likely N-dealkylation sites (tertiary alicyclic amines) is 1. The number of hydrogen-bond donors (Lipinski definition) is 1. The number of nitrogens with zero attached hydrogens (tertiary/aromatic N) is 3. The third-order valence-electron chi connectivity index (χ3n) is 5.03. The second kappa shape index (κ2) is 10.0. The van der Waals surface area contributed by atoms with Gasteiger partial charge in [-0.25, -0.2) is 5.43 Å². The van der Waals surface area contributed by atoms with Gasteiger partial charge in [-0.1, -0.05) is 11.6 Å². The number of halogens is 1. The Bertz CT molecular complexity index is 1000. The average Bonchev–Trinajstić information content (AvgIpc) is 2.79. The predicted molar refractivity (Wildman–Crippen MR) is 115 cm³/mol. The Morgan fingerprint density at radius 2 is 1.90 bits per heavy atom. The van der Waals surface area contributed by atoms with Crippen LogP contribution in [0.15, 0.2) is 47.6 Å². The molecule has 1 saturated heterocycles. The van der Waals surface area contributed by atoms with Gasteiger partial charge in [0.05, 0.1) is 18.2 Å². The molecule has 0 saturated carbocycles. The number of nitro groups is 1. The lowest BCUT2D eigenvalue weighted by molar-refractivity contribution is -0.385. The molecule has 2 aromatic rings. The van der Waals surface area contributed by atoms with E-state index in [0.717, 1.165) is 0 Å². The molecular formula is C21H21ClN4O5. The van der Waals surface area contributed by atoms with E-state index in [0.29, 0.717) is 42.1 Å². The largest absolute Gasteiger partial charge is 0.490 e. The third kappa shape index (κ3) is 5.58. The number of hydrazone groups is 1. The van der Waals surface area contributed by atoms with Crippen molar-refractivity contribution in [2.45, 2.75) is 12.8 Å². The Labute approximate surface area is 183 Å². The van der Waals surface area contributed by atoms with Gasteiger partial charge >= 0.3 is 5.69 Å². The maximum atomic E-state index is 12.5. The van der Waals surface area contributed by atoms with E-state index in [1.54, 1.807) is 35.2 Å². The molecule has 10 heteroatoms. The highest BCUT2D eigenvalue weighted by atomic mass is 35.5. The summed E-state index contributed by atoms with van der Waals surface area (Å²) < 4.78 is 4.95. The van der Waals surface area contributed by atoms with Crippen molar-refractivity contribution in [2.75, 3.05) is 20.2 Å². The lowest BCUT2D eigenvalue weighted by Gasteiger charge is -2.31. The first-order valence-corrected chi connectivity index (χ1v) is 9.97. The molecule has 0 aromatic heterocycles. The number of ether oxygens (including phenoxy) is 1. The zero-order valence-corrected chi connectivity index (χ0v) is 17.5. The van der Waals surface area contributed by atoms with Gasteiger partial charge in [0.1, 0.15) is 0 Å². The maximum Gasteiger partial charge on any atom is 0.311 e. The number of nitro benzene ring substituents is 1. The van der Waals surface area contributed by atoms with E-state index < -0.39 is 4.92 Å². The number of carbonyl (C=O) groups is 2. The monoisotopic (exact) mass is 444 g/mol. The molecule has 2 aromatic carbocycles. The van der Waals surface area contributed by atoms with Crippen LogP contribution in [0.25, 0.3) is 0 Å². The maximum absolute atomic E-state index is 12.5. The van der Waals surface area contributed by atoms with Gasteiger partial charge in [-0.05, 0) is 49.2 Å². The minimum atomic E-state index is -0.548. The molecule has 9 nitrogen and oxygen atoms in total. The molecule has 0 spiro atoms. The summed E-state index contributed by atoms with van der Waals surface area (Å²) in [4.78, 5) is 37.2. The summed E-state index contributed by atoms with van der Waals surface area (Å²) in [6, 6.07) is 11.1. The second-order valence-electron chi connectivity index (χ2n) is 7.00. The van der Waals surface area contributed by atoms with Gasteiger partial charge in [0, 0.05) is 41.2 Å². The predicted octanol–water partition coefficient (Wildman–Crippen LogP) is 3.26. The van der Waals surface area contributed by atoms with Gasteiger partial charge < -0.3 is 9.64 Å². The molecular weight excluding hydrogens is 424 g/mol. The van der Waals surface area contributed by atoms with Gasteiger partial charge in [0.2, 0.25) is 5.91 Å². The van der Waals surface area contributed by atoms with Crippen LogP contribution in [0.3, 0.4) is 0 Å². The van der Waals surface area contributed by atoms with Crippen molar-refractivity contribution in [1.29, 1.82) is 0 Å². The standard InChI is InChI=1S/C21H21ClN4O5/c1-31-19-7-2-14(12-18(19)26(29)30)13-23-24-20(27)15-8-10-25(11-9-15)21(28)16-3-5-17(22)6-4-16/h2-7,12-13,15H,8-11H2,1H3,(H,24,27)/b23-13-. The first-order valence-electron chi connectivity index (χ1n) is 9.59. The van der Waals surface area contributed by atoms with Crippen molar-refractivity contribution in [3.8, 4) is 5.75 Å². The first kappa shape index (κ1) is 22.2. The molecule has 1 heterocycles. The molecule has 0 radical (unpaired) electrons. The molecule has 0 aliphatic carbocycles. The Morgan fingerprint density at radius 3 is 2.52 bits per heavy atom. The summed E-state index contributed by atoms with van der Waals surface area (Å²) in [5.41, 5.74) is 3.30. The number of nitrogens with one attached hydrogen (secondary N) is 1. The molecule has 2 amide bonds. The van der Waals surface area contributed by atoms with E-state index in [2.05, 4.69) is 10.5 Å². The van der Waals surface area contributed by atoms with E-state index in [4.69, 9.17) is 16.3 Å². The number of benzene rings is 2. The van der Waals surface area contributed by atoms with Crippen LogP contribution in [-0.2, 0) is 4.79 Å². The van der Waals surface area contributed by atoms with Gasteiger partial charge in [-0.3, -0.25) is 19.7 Å². The lowest BCUT2D eigenvalue weighted by Crippen LogP contribution is -2.42. The SMILES string of the molecule is COc1ccc(/C=N\NC(=O)C2CCN(C(=O)c3ccc(Cl)cc3)CC2)cc1[N+](=O)[O-]. The molecule has 3 rings (SSSR count).